The van der Waals surface area contributed by atoms with Gasteiger partial charge in [0, 0.05) is 35.4 Å². The summed E-state index contributed by atoms with van der Waals surface area (Å²) < 4.78 is 7.90. The van der Waals surface area contributed by atoms with Gasteiger partial charge in [-0.25, -0.2) is 0 Å². The van der Waals surface area contributed by atoms with Crippen molar-refractivity contribution in [2.24, 2.45) is 5.73 Å². The number of aromatic nitrogens is 1. The predicted octanol–water partition coefficient (Wildman–Crippen LogP) is 3.92. The maximum absolute atomic E-state index is 6.21. The van der Waals surface area contributed by atoms with Gasteiger partial charge in [0.2, 0.25) is 0 Å². The zero-order valence-electron chi connectivity index (χ0n) is 12.3. The quantitative estimate of drug-likeness (QED) is 0.909. The second-order valence-electron chi connectivity index (χ2n) is 5.66. The SMILES string of the molecule is CCCC(N)c1ccn(Cc2cc(Cl)cc3c2OCC3)c1. The van der Waals surface area contributed by atoms with Crippen molar-refractivity contribution in [1.29, 1.82) is 0 Å². The maximum atomic E-state index is 6.21. The Bertz CT molecular complexity index is 636. The Morgan fingerprint density at radius 1 is 1.43 bits per heavy atom. The largest absolute Gasteiger partial charge is 0.493 e. The van der Waals surface area contributed by atoms with E-state index in [-0.39, 0.29) is 6.04 Å². The lowest BCUT2D eigenvalue weighted by atomic mass is 10.1. The Hall–Kier alpha value is -1.45. The molecule has 21 heavy (non-hydrogen) atoms. The molecule has 2 heterocycles. The highest BCUT2D eigenvalue weighted by molar-refractivity contribution is 6.30. The molecule has 3 rings (SSSR count). The Kier molecular flexibility index (Phi) is 4.22. The molecule has 1 atom stereocenters. The Morgan fingerprint density at radius 2 is 2.29 bits per heavy atom. The van der Waals surface area contributed by atoms with E-state index in [0.717, 1.165) is 48.7 Å². The first-order valence-corrected chi connectivity index (χ1v) is 7.90. The van der Waals surface area contributed by atoms with Crippen LogP contribution in [0.5, 0.6) is 5.75 Å². The average molecular weight is 305 g/mol. The maximum Gasteiger partial charge on any atom is 0.127 e. The number of fused-ring (bicyclic) bond motifs is 1. The molecule has 0 aliphatic carbocycles. The molecule has 2 N–H and O–H groups in total. The Morgan fingerprint density at radius 3 is 3.10 bits per heavy atom. The molecule has 1 aliphatic heterocycles. The molecule has 4 heteroatoms. The predicted molar refractivity (Wildman–Crippen MR) is 86.0 cm³/mol. The summed E-state index contributed by atoms with van der Waals surface area (Å²) in [6.07, 6.45) is 7.26. The number of halogens is 1. The van der Waals surface area contributed by atoms with Crippen molar-refractivity contribution >= 4 is 11.6 Å². The third-order valence-corrected chi connectivity index (χ3v) is 4.20. The fourth-order valence-corrected chi connectivity index (χ4v) is 3.18. The molecule has 1 aromatic carbocycles. The summed E-state index contributed by atoms with van der Waals surface area (Å²) in [7, 11) is 0. The Balaban J connectivity index is 1.81. The molecule has 0 bridgehead atoms. The number of ether oxygens (including phenoxy) is 1. The highest BCUT2D eigenvalue weighted by Crippen LogP contribution is 2.33. The minimum absolute atomic E-state index is 0.123. The van der Waals surface area contributed by atoms with Crippen molar-refractivity contribution in [2.75, 3.05) is 6.61 Å². The van der Waals surface area contributed by atoms with Gasteiger partial charge >= 0.3 is 0 Å². The summed E-state index contributed by atoms with van der Waals surface area (Å²) in [6.45, 7) is 3.67. The number of rotatable bonds is 5. The zero-order chi connectivity index (χ0) is 14.8. The van der Waals surface area contributed by atoms with Gasteiger partial charge in [0.25, 0.3) is 0 Å². The van der Waals surface area contributed by atoms with E-state index in [1.165, 1.54) is 11.1 Å². The molecule has 0 amide bonds. The van der Waals surface area contributed by atoms with E-state index in [4.69, 9.17) is 22.1 Å². The first-order valence-electron chi connectivity index (χ1n) is 7.52. The molecule has 1 aliphatic rings. The zero-order valence-corrected chi connectivity index (χ0v) is 13.1. The summed E-state index contributed by atoms with van der Waals surface area (Å²) in [4.78, 5) is 0. The van der Waals surface area contributed by atoms with E-state index in [2.05, 4.69) is 30.0 Å². The highest BCUT2D eigenvalue weighted by atomic mass is 35.5. The standard InChI is InChI=1S/C17H21ClN2O/c1-2-3-16(19)13-4-6-20(10-13)11-14-9-15(18)8-12-5-7-21-17(12)14/h4,6,8-10,16H,2-3,5,7,11,19H2,1H3. The van der Waals surface area contributed by atoms with Crippen LogP contribution in [-0.4, -0.2) is 11.2 Å². The van der Waals surface area contributed by atoms with Crippen LogP contribution in [0.3, 0.4) is 0 Å². The molecular weight excluding hydrogens is 284 g/mol. The van der Waals surface area contributed by atoms with Crippen LogP contribution in [0.1, 0.15) is 42.5 Å². The van der Waals surface area contributed by atoms with Gasteiger partial charge in [-0.3, -0.25) is 0 Å². The van der Waals surface area contributed by atoms with Gasteiger partial charge in [-0.1, -0.05) is 24.9 Å². The van der Waals surface area contributed by atoms with Crippen molar-refractivity contribution in [3.05, 3.63) is 52.3 Å². The summed E-state index contributed by atoms with van der Waals surface area (Å²) in [6, 6.07) is 6.23. The molecule has 2 aromatic rings. The van der Waals surface area contributed by atoms with Gasteiger partial charge in [-0.15, -0.1) is 0 Å². The second kappa shape index (κ2) is 6.12. The molecule has 3 nitrogen and oxygen atoms in total. The topological polar surface area (TPSA) is 40.2 Å². The van der Waals surface area contributed by atoms with Crippen LogP contribution in [-0.2, 0) is 13.0 Å². The second-order valence-corrected chi connectivity index (χ2v) is 6.10. The molecular formula is C17H21ClN2O. The normalized spacial score (nSPS) is 14.8. The molecule has 0 saturated heterocycles. The summed E-state index contributed by atoms with van der Waals surface area (Å²) in [5.74, 6) is 1.01. The molecule has 0 radical (unpaired) electrons. The monoisotopic (exact) mass is 304 g/mol. The van der Waals surface area contributed by atoms with Gasteiger partial charge < -0.3 is 15.0 Å². The molecule has 0 saturated carbocycles. The number of hydrogen-bond donors (Lipinski definition) is 1. The first-order chi connectivity index (χ1) is 10.2. The number of nitrogens with two attached hydrogens (primary N) is 1. The smallest absolute Gasteiger partial charge is 0.127 e. The summed E-state index contributed by atoms with van der Waals surface area (Å²) in [5, 5.41) is 0.782. The van der Waals surface area contributed by atoms with E-state index >= 15 is 0 Å². The van der Waals surface area contributed by atoms with Crippen molar-refractivity contribution < 1.29 is 4.74 Å². The van der Waals surface area contributed by atoms with Crippen molar-refractivity contribution in [2.45, 2.75) is 38.8 Å². The minimum atomic E-state index is 0.123. The highest BCUT2D eigenvalue weighted by Gasteiger charge is 2.18. The molecule has 112 valence electrons. The minimum Gasteiger partial charge on any atom is -0.493 e. The lowest BCUT2D eigenvalue weighted by molar-refractivity contribution is 0.352. The third-order valence-electron chi connectivity index (χ3n) is 3.98. The molecule has 1 aromatic heterocycles. The number of hydrogen-bond acceptors (Lipinski definition) is 2. The van der Waals surface area contributed by atoms with Crippen LogP contribution >= 0.6 is 11.6 Å². The van der Waals surface area contributed by atoms with Crippen LogP contribution in [0, 0.1) is 0 Å². The van der Waals surface area contributed by atoms with E-state index in [1.807, 2.05) is 12.1 Å². The van der Waals surface area contributed by atoms with E-state index in [0.29, 0.717) is 0 Å². The van der Waals surface area contributed by atoms with Gasteiger partial charge in [0.1, 0.15) is 5.75 Å². The van der Waals surface area contributed by atoms with Gasteiger partial charge in [-0.05, 0) is 35.7 Å². The number of nitrogens with zero attached hydrogens (tertiary/aromatic N) is 1. The van der Waals surface area contributed by atoms with Crippen molar-refractivity contribution in [3.63, 3.8) is 0 Å². The van der Waals surface area contributed by atoms with Crippen LogP contribution in [0.25, 0.3) is 0 Å². The van der Waals surface area contributed by atoms with Crippen LogP contribution in [0.15, 0.2) is 30.6 Å². The fraction of sp³-hybridized carbons (Fsp3) is 0.412. The molecule has 1 unspecified atom stereocenters. The van der Waals surface area contributed by atoms with Gasteiger partial charge in [0.15, 0.2) is 0 Å². The fourth-order valence-electron chi connectivity index (χ4n) is 2.91. The van der Waals surface area contributed by atoms with E-state index in [1.54, 1.807) is 0 Å². The van der Waals surface area contributed by atoms with E-state index < -0.39 is 0 Å². The van der Waals surface area contributed by atoms with E-state index in [9.17, 15) is 0 Å². The van der Waals surface area contributed by atoms with Crippen molar-refractivity contribution in [1.82, 2.24) is 4.57 Å². The molecule has 0 spiro atoms. The van der Waals surface area contributed by atoms with Crippen LogP contribution in [0.2, 0.25) is 5.02 Å². The van der Waals surface area contributed by atoms with Gasteiger partial charge in [-0.2, -0.15) is 0 Å². The van der Waals surface area contributed by atoms with Gasteiger partial charge in [0.05, 0.1) is 13.2 Å². The van der Waals surface area contributed by atoms with Crippen LogP contribution < -0.4 is 10.5 Å². The Labute approximate surface area is 130 Å². The third kappa shape index (κ3) is 3.09. The number of benzene rings is 1. The average Bonchev–Trinajstić information content (AvgIpc) is 3.07. The van der Waals surface area contributed by atoms with Crippen molar-refractivity contribution in [3.8, 4) is 5.75 Å². The lowest BCUT2D eigenvalue weighted by Crippen LogP contribution is -2.08. The summed E-state index contributed by atoms with van der Waals surface area (Å²) >= 11 is 6.21. The molecule has 0 fully saturated rings. The van der Waals surface area contributed by atoms with Crippen LogP contribution in [0.4, 0.5) is 0 Å². The summed E-state index contributed by atoms with van der Waals surface area (Å²) in [5.41, 5.74) is 9.71. The lowest BCUT2D eigenvalue weighted by Gasteiger charge is -2.11. The first kappa shape index (κ1) is 14.5.